The summed E-state index contributed by atoms with van der Waals surface area (Å²) in [5.41, 5.74) is 16.9. The van der Waals surface area contributed by atoms with Crippen LogP contribution in [0.2, 0.25) is 0 Å². The van der Waals surface area contributed by atoms with Gasteiger partial charge in [0.2, 0.25) is 0 Å². The van der Waals surface area contributed by atoms with Crippen molar-refractivity contribution in [1.29, 1.82) is 0 Å². The molecule has 0 amide bonds. The summed E-state index contributed by atoms with van der Waals surface area (Å²) in [6, 6.07) is 13.4. The van der Waals surface area contributed by atoms with Gasteiger partial charge in [0.1, 0.15) is 6.33 Å². The van der Waals surface area contributed by atoms with E-state index in [1.807, 2.05) is 24.0 Å². The van der Waals surface area contributed by atoms with Gasteiger partial charge in [-0.05, 0) is 118 Å². The number of likely N-dealkylation sites (N-methyl/N-ethyl adjacent to an activating group) is 1. The second-order valence-corrected chi connectivity index (χ2v) is 20.4. The lowest BCUT2D eigenvalue weighted by atomic mass is 9.78. The number of likely N-dealkylation sites (tertiary alicyclic amines) is 2. The van der Waals surface area contributed by atoms with Crippen LogP contribution in [-0.2, 0) is 13.0 Å². The Morgan fingerprint density at radius 3 is 2.54 bits per heavy atom. The Bertz CT molecular complexity index is 2370. The van der Waals surface area contributed by atoms with E-state index in [2.05, 4.69) is 148 Å². The summed E-state index contributed by atoms with van der Waals surface area (Å²) in [6.07, 6.45) is 21.8. The van der Waals surface area contributed by atoms with Crippen LogP contribution in [0.5, 0.6) is 0 Å². The van der Waals surface area contributed by atoms with E-state index in [1.165, 1.54) is 90.0 Å². The summed E-state index contributed by atoms with van der Waals surface area (Å²) in [5.74, 6) is 4.81. The minimum atomic E-state index is 0.0867. The molecular formula is C54H74N10S. The minimum absolute atomic E-state index is 0.0867. The zero-order chi connectivity index (χ0) is 46.1. The lowest BCUT2D eigenvalue weighted by Gasteiger charge is -2.62. The van der Waals surface area contributed by atoms with Crippen molar-refractivity contribution in [3.8, 4) is 34.9 Å². The number of hydrazine groups is 1. The molecule has 1 saturated carbocycles. The Kier molecular flexibility index (Phi) is 16.0. The molecule has 4 aliphatic rings. The molecule has 11 heteroatoms. The number of benzene rings is 1. The Morgan fingerprint density at radius 1 is 1.12 bits per heavy atom. The lowest BCUT2D eigenvalue weighted by Crippen LogP contribution is -2.76. The summed E-state index contributed by atoms with van der Waals surface area (Å²) in [5, 5.41) is 9.04. The number of rotatable bonds is 16. The fourth-order valence-electron chi connectivity index (χ4n) is 9.93. The molecule has 5 aromatic rings. The average molecular weight is 895 g/mol. The van der Waals surface area contributed by atoms with Gasteiger partial charge < -0.3 is 14.9 Å². The van der Waals surface area contributed by atoms with Crippen LogP contribution in [0.25, 0.3) is 33.4 Å². The maximum atomic E-state index is 5.64. The van der Waals surface area contributed by atoms with Crippen molar-refractivity contribution in [3.63, 3.8) is 0 Å². The molecule has 10 nitrogen and oxygen atoms in total. The molecular weight excluding hydrogens is 821 g/mol. The number of pyridine rings is 1. The second kappa shape index (κ2) is 21.6. The number of aromatic nitrogens is 5. The first-order valence-electron chi connectivity index (χ1n) is 24.1. The molecule has 1 aromatic carbocycles. The normalized spacial score (nSPS) is 19.9. The van der Waals surface area contributed by atoms with E-state index in [0.717, 1.165) is 75.1 Å². The molecule has 0 radical (unpaired) electrons. The SMILES string of the molecule is C#CCCC(C)(C)Cc1c(-c2cccnc2C(C)CC)n(CC)c2ccc(-c3cscn3)cc12.C=CNC(CN1CC2(CCN2C)C1)C(=C)N1CCCCN1.CC1CC1c1ccncn1. The standard InChI is InChI=1S/C30H35N3S.C16H29N5.C8H10N2/c1-7-10-15-30(5,6)18-25-24-17-22(26-19-34-20-32-26)13-14-27(24)33(9-3)29(25)23-12-11-16-31-28(23)21(4)8-2;1-4-17-15(14(2)21-9-6-5-8-18-21)11-20-12-16(13-20)7-10-19(16)3;1-6-4-7(6)8-2-3-9-5-10-8/h1,11-14,16-17,19-21H,8-10,15,18H2,2-6H3;4,15,17-18H,1-2,5-13H2,3H3;2-3,5-7H,4H2,1H3. The lowest BCUT2D eigenvalue weighted by molar-refractivity contribution is -0.110. The van der Waals surface area contributed by atoms with E-state index in [1.54, 1.807) is 23.9 Å². The zero-order valence-electron chi connectivity index (χ0n) is 40.3. The number of aryl methyl sites for hydroxylation is 1. The minimum Gasteiger partial charge on any atom is -0.382 e. The highest BCUT2D eigenvalue weighted by Gasteiger charge is 2.51. The van der Waals surface area contributed by atoms with Crippen molar-refractivity contribution in [3.05, 3.63) is 108 Å². The van der Waals surface area contributed by atoms with Crippen molar-refractivity contribution in [1.82, 2.24) is 50.1 Å². The molecule has 3 aliphatic heterocycles. The zero-order valence-corrected chi connectivity index (χ0v) is 41.1. The summed E-state index contributed by atoms with van der Waals surface area (Å²) < 4.78 is 2.48. The summed E-state index contributed by atoms with van der Waals surface area (Å²) in [4.78, 5) is 22.5. The number of hydrogen-bond donors (Lipinski definition) is 2. The number of nitrogens with one attached hydrogen (secondary N) is 2. The number of nitrogens with zero attached hydrogens (tertiary/aromatic N) is 8. The van der Waals surface area contributed by atoms with Gasteiger partial charge in [-0.1, -0.05) is 53.8 Å². The molecule has 1 aliphatic carbocycles. The second-order valence-electron chi connectivity index (χ2n) is 19.7. The maximum absolute atomic E-state index is 5.64. The van der Waals surface area contributed by atoms with Crippen LogP contribution in [-0.4, -0.2) is 97.2 Å². The van der Waals surface area contributed by atoms with Crippen LogP contribution >= 0.6 is 11.3 Å². The molecule has 7 heterocycles. The first-order chi connectivity index (χ1) is 31.4. The van der Waals surface area contributed by atoms with E-state index in [0.29, 0.717) is 11.5 Å². The topological polar surface area (TPSA) is 90.3 Å². The van der Waals surface area contributed by atoms with Crippen LogP contribution in [0, 0.1) is 23.7 Å². The number of thiazole rings is 1. The van der Waals surface area contributed by atoms with Gasteiger partial charge in [0.15, 0.2) is 0 Å². The van der Waals surface area contributed by atoms with E-state index in [-0.39, 0.29) is 11.5 Å². The van der Waals surface area contributed by atoms with E-state index in [4.69, 9.17) is 11.4 Å². The van der Waals surface area contributed by atoms with Crippen molar-refractivity contribution in [2.24, 2.45) is 11.3 Å². The van der Waals surface area contributed by atoms with Crippen LogP contribution in [0.1, 0.15) is 115 Å². The Hall–Kier alpha value is -4.86. The quantitative estimate of drug-likeness (QED) is 0.0940. The number of terminal acetylenes is 1. The average Bonchev–Trinajstić information content (AvgIpc) is 3.66. The highest BCUT2D eigenvalue weighted by Crippen LogP contribution is 2.46. The molecule has 4 atom stereocenters. The molecule has 0 bridgehead atoms. The van der Waals surface area contributed by atoms with Gasteiger partial charge in [-0.25, -0.2) is 20.4 Å². The molecule has 1 spiro atoms. The van der Waals surface area contributed by atoms with Crippen molar-refractivity contribution >= 4 is 22.2 Å². The van der Waals surface area contributed by atoms with Gasteiger partial charge >= 0.3 is 0 Å². The maximum Gasteiger partial charge on any atom is 0.115 e. The Balaban J connectivity index is 0.000000170. The fraction of sp³-hybridized carbons (Fsp3) is 0.519. The molecule has 4 unspecified atom stereocenters. The van der Waals surface area contributed by atoms with Gasteiger partial charge in [-0.2, -0.15) is 0 Å². The molecule has 2 N–H and O–H groups in total. The van der Waals surface area contributed by atoms with Gasteiger partial charge in [0.05, 0.1) is 28.6 Å². The van der Waals surface area contributed by atoms with Crippen LogP contribution in [0.15, 0.2) is 91.1 Å². The molecule has 4 aromatic heterocycles. The third-order valence-corrected chi connectivity index (χ3v) is 15.0. The molecule has 346 valence electrons. The summed E-state index contributed by atoms with van der Waals surface area (Å²) in [7, 11) is 2.25. The highest BCUT2D eigenvalue weighted by atomic mass is 32.1. The summed E-state index contributed by atoms with van der Waals surface area (Å²) >= 11 is 1.64. The van der Waals surface area contributed by atoms with Crippen LogP contribution in [0.3, 0.4) is 0 Å². The van der Waals surface area contributed by atoms with Crippen molar-refractivity contribution in [2.45, 2.75) is 123 Å². The van der Waals surface area contributed by atoms with Crippen molar-refractivity contribution in [2.75, 3.05) is 46.3 Å². The summed E-state index contributed by atoms with van der Waals surface area (Å²) in [6.45, 7) is 29.5. The largest absolute Gasteiger partial charge is 0.382 e. The first kappa shape index (κ1) is 48.1. The van der Waals surface area contributed by atoms with E-state index >= 15 is 0 Å². The van der Waals surface area contributed by atoms with Crippen molar-refractivity contribution < 1.29 is 0 Å². The van der Waals surface area contributed by atoms with E-state index < -0.39 is 0 Å². The fourth-order valence-corrected chi connectivity index (χ4v) is 10.5. The monoisotopic (exact) mass is 895 g/mol. The Labute approximate surface area is 394 Å². The molecule has 3 saturated heterocycles. The van der Waals surface area contributed by atoms with Gasteiger partial charge in [0.25, 0.3) is 0 Å². The van der Waals surface area contributed by atoms with Crippen LogP contribution in [0.4, 0.5) is 0 Å². The predicted octanol–water partition coefficient (Wildman–Crippen LogP) is 10.5. The predicted molar refractivity (Wildman–Crippen MR) is 271 cm³/mol. The first-order valence-corrected chi connectivity index (χ1v) is 25.1. The third-order valence-electron chi connectivity index (χ3n) is 14.5. The highest BCUT2D eigenvalue weighted by molar-refractivity contribution is 7.07. The third kappa shape index (κ3) is 11.2. The van der Waals surface area contributed by atoms with Gasteiger partial charge in [0, 0.05) is 115 Å². The molecule has 4 fully saturated rings. The smallest absolute Gasteiger partial charge is 0.115 e. The molecule has 9 rings (SSSR count). The van der Waals surface area contributed by atoms with Gasteiger partial charge in [-0.15, -0.1) is 23.7 Å². The van der Waals surface area contributed by atoms with Crippen LogP contribution < -0.4 is 10.7 Å². The number of fused-ring (bicyclic) bond motifs is 1. The number of hydrogen-bond acceptors (Lipinski definition) is 10. The van der Waals surface area contributed by atoms with E-state index in [9.17, 15) is 0 Å². The van der Waals surface area contributed by atoms with Gasteiger partial charge in [-0.3, -0.25) is 14.8 Å². The Morgan fingerprint density at radius 2 is 1.94 bits per heavy atom. The molecule has 65 heavy (non-hydrogen) atoms.